The van der Waals surface area contributed by atoms with Crippen LogP contribution in [0.5, 0.6) is 0 Å². The largest absolute Gasteiger partial charge is 0.433 e. The average Bonchev–Trinajstić information content (AvgIpc) is 3.22. The molecule has 3 heterocycles. The van der Waals surface area contributed by atoms with Gasteiger partial charge in [0, 0.05) is 19.2 Å². The van der Waals surface area contributed by atoms with Crippen LogP contribution in [0, 0.1) is 24.6 Å². The standard InChI is InChI=1S/C18H11ClF3N3O3S/c1-9-23-6-12(28-9)3-2-10-4-14(29-16(10)19)17(26)24-11-5-13(20)18(27)25(7-11)8-15(21)22/h4-7,15H,8H2,1H3,(H,24,26). The van der Waals surface area contributed by atoms with E-state index in [1.54, 1.807) is 6.92 Å². The summed E-state index contributed by atoms with van der Waals surface area (Å²) < 4.78 is 44.7. The minimum atomic E-state index is -2.86. The van der Waals surface area contributed by atoms with Crippen LogP contribution < -0.4 is 10.9 Å². The SMILES string of the molecule is Cc1ncc(C#Cc2cc(C(=O)Nc3cc(F)c(=O)n(CC(F)F)c3)sc2Cl)o1. The van der Waals surface area contributed by atoms with Crippen molar-refractivity contribution in [1.29, 1.82) is 0 Å². The molecular formula is C18H11ClF3N3O3S. The number of carbonyl (C=O) groups excluding carboxylic acids is 1. The Morgan fingerprint density at radius 1 is 1.41 bits per heavy atom. The van der Waals surface area contributed by atoms with Crippen molar-refractivity contribution in [2.45, 2.75) is 19.9 Å². The van der Waals surface area contributed by atoms with E-state index < -0.39 is 30.3 Å². The maximum absolute atomic E-state index is 13.7. The number of carbonyl (C=O) groups is 1. The maximum Gasteiger partial charge on any atom is 0.286 e. The zero-order valence-corrected chi connectivity index (χ0v) is 16.2. The number of hydrogen-bond donors (Lipinski definition) is 1. The lowest BCUT2D eigenvalue weighted by atomic mass is 10.3. The molecule has 11 heteroatoms. The van der Waals surface area contributed by atoms with Gasteiger partial charge >= 0.3 is 0 Å². The summed E-state index contributed by atoms with van der Waals surface area (Å²) in [5.41, 5.74) is -0.991. The van der Waals surface area contributed by atoms with Crippen molar-refractivity contribution >= 4 is 34.5 Å². The second-order valence-electron chi connectivity index (χ2n) is 5.67. The molecule has 1 N–H and O–H groups in total. The zero-order valence-electron chi connectivity index (χ0n) is 14.6. The van der Waals surface area contributed by atoms with E-state index in [-0.39, 0.29) is 14.9 Å². The third-order valence-electron chi connectivity index (χ3n) is 3.49. The highest BCUT2D eigenvalue weighted by atomic mass is 35.5. The molecule has 0 radical (unpaired) electrons. The van der Waals surface area contributed by atoms with Gasteiger partial charge < -0.3 is 14.3 Å². The van der Waals surface area contributed by atoms with E-state index in [1.165, 1.54) is 12.3 Å². The van der Waals surface area contributed by atoms with Crippen molar-refractivity contribution < 1.29 is 22.4 Å². The normalized spacial score (nSPS) is 10.7. The molecule has 0 saturated heterocycles. The molecule has 3 aromatic rings. The van der Waals surface area contributed by atoms with Crippen LogP contribution in [0.2, 0.25) is 4.34 Å². The van der Waals surface area contributed by atoms with Crippen molar-refractivity contribution in [3.8, 4) is 11.8 Å². The summed E-state index contributed by atoms with van der Waals surface area (Å²) in [6.07, 6.45) is -0.472. The maximum atomic E-state index is 13.7. The number of pyridine rings is 1. The third-order valence-corrected chi connectivity index (χ3v) is 4.84. The molecule has 0 fully saturated rings. The monoisotopic (exact) mass is 441 g/mol. The number of oxazole rings is 1. The predicted octanol–water partition coefficient (Wildman–Crippen LogP) is 3.92. The van der Waals surface area contributed by atoms with Crippen LogP contribution in [0.25, 0.3) is 0 Å². The van der Waals surface area contributed by atoms with Crippen LogP contribution in [0.15, 0.2) is 33.7 Å². The molecule has 6 nitrogen and oxygen atoms in total. The van der Waals surface area contributed by atoms with Gasteiger partial charge in [-0.3, -0.25) is 9.59 Å². The van der Waals surface area contributed by atoms with Crippen molar-refractivity contribution in [3.05, 3.63) is 67.1 Å². The molecule has 0 aromatic carbocycles. The number of aromatic nitrogens is 2. The Balaban J connectivity index is 1.81. The quantitative estimate of drug-likeness (QED) is 0.623. The van der Waals surface area contributed by atoms with E-state index in [0.29, 0.717) is 21.8 Å². The lowest BCUT2D eigenvalue weighted by Crippen LogP contribution is -2.26. The molecule has 29 heavy (non-hydrogen) atoms. The summed E-state index contributed by atoms with van der Waals surface area (Å²) in [5, 5.41) is 2.35. The van der Waals surface area contributed by atoms with Gasteiger partial charge in [-0.05, 0) is 12.0 Å². The Labute approximate surface area is 170 Å². The molecule has 1 amide bonds. The van der Waals surface area contributed by atoms with E-state index in [4.69, 9.17) is 16.0 Å². The fourth-order valence-electron chi connectivity index (χ4n) is 2.26. The second-order valence-corrected chi connectivity index (χ2v) is 7.33. The number of amides is 1. The van der Waals surface area contributed by atoms with E-state index in [1.807, 2.05) is 0 Å². The van der Waals surface area contributed by atoms with E-state index in [2.05, 4.69) is 22.1 Å². The third kappa shape index (κ3) is 5.07. The van der Waals surface area contributed by atoms with Crippen molar-refractivity contribution in [1.82, 2.24) is 9.55 Å². The summed E-state index contributed by atoms with van der Waals surface area (Å²) >= 11 is 7.02. The summed E-state index contributed by atoms with van der Waals surface area (Å²) in [5.74, 6) is 4.32. The van der Waals surface area contributed by atoms with Crippen LogP contribution in [0.3, 0.4) is 0 Å². The van der Waals surface area contributed by atoms with Crippen molar-refractivity contribution in [2.24, 2.45) is 0 Å². The Hall–Kier alpha value is -3.03. The van der Waals surface area contributed by atoms with E-state index in [0.717, 1.165) is 23.6 Å². The van der Waals surface area contributed by atoms with Crippen LogP contribution >= 0.6 is 22.9 Å². The summed E-state index contributed by atoms with van der Waals surface area (Å²) in [7, 11) is 0. The average molecular weight is 442 g/mol. The number of rotatable bonds is 4. The number of halogens is 4. The predicted molar refractivity (Wildman–Crippen MR) is 101 cm³/mol. The molecule has 3 rings (SSSR count). The van der Waals surface area contributed by atoms with E-state index >= 15 is 0 Å². The fourth-order valence-corrected chi connectivity index (χ4v) is 3.34. The molecule has 0 saturated carbocycles. The number of anilines is 1. The first kappa shape index (κ1) is 20.7. The first-order chi connectivity index (χ1) is 13.7. The summed E-state index contributed by atoms with van der Waals surface area (Å²) in [4.78, 5) is 28.0. The summed E-state index contributed by atoms with van der Waals surface area (Å²) in [6, 6.07) is 2.18. The molecule has 0 aliphatic rings. The smallest absolute Gasteiger partial charge is 0.286 e. The van der Waals surface area contributed by atoms with Crippen molar-refractivity contribution in [3.63, 3.8) is 0 Å². The lowest BCUT2D eigenvalue weighted by molar-refractivity contribution is 0.103. The van der Waals surface area contributed by atoms with Crippen LogP contribution in [0.1, 0.15) is 26.9 Å². The topological polar surface area (TPSA) is 77.1 Å². The Morgan fingerprint density at radius 3 is 2.83 bits per heavy atom. The van der Waals surface area contributed by atoms with Crippen LogP contribution in [-0.4, -0.2) is 21.9 Å². The van der Waals surface area contributed by atoms with Gasteiger partial charge in [-0.1, -0.05) is 17.5 Å². The number of aryl methyl sites for hydroxylation is 1. The highest BCUT2D eigenvalue weighted by Gasteiger charge is 2.16. The zero-order chi connectivity index (χ0) is 21.1. The summed E-state index contributed by atoms with van der Waals surface area (Å²) in [6.45, 7) is 0.670. The number of hydrogen-bond acceptors (Lipinski definition) is 5. The number of alkyl halides is 2. The van der Waals surface area contributed by atoms with Gasteiger partial charge in [0.2, 0.25) is 0 Å². The van der Waals surface area contributed by atoms with Gasteiger partial charge in [0.15, 0.2) is 17.5 Å². The Bertz CT molecular complexity index is 1190. The van der Waals surface area contributed by atoms with Gasteiger partial charge in [0.05, 0.1) is 28.9 Å². The Kier molecular flexibility index (Phi) is 6.10. The van der Waals surface area contributed by atoms with E-state index in [9.17, 15) is 22.8 Å². The molecule has 0 spiro atoms. The van der Waals surface area contributed by atoms with Crippen LogP contribution in [-0.2, 0) is 6.54 Å². The first-order valence-corrected chi connectivity index (χ1v) is 9.15. The number of nitrogens with one attached hydrogen (secondary N) is 1. The molecule has 3 aromatic heterocycles. The minimum absolute atomic E-state index is 0.151. The van der Waals surface area contributed by atoms with Crippen molar-refractivity contribution in [2.75, 3.05) is 5.32 Å². The molecular weight excluding hydrogens is 431 g/mol. The Morgan fingerprint density at radius 2 is 2.17 bits per heavy atom. The molecule has 0 bridgehead atoms. The van der Waals surface area contributed by atoms with Gasteiger partial charge in [-0.25, -0.2) is 18.2 Å². The molecule has 0 aliphatic heterocycles. The highest BCUT2D eigenvalue weighted by Crippen LogP contribution is 2.28. The minimum Gasteiger partial charge on any atom is -0.433 e. The number of nitrogens with zero attached hydrogens (tertiary/aromatic N) is 2. The second kappa shape index (κ2) is 8.55. The lowest BCUT2D eigenvalue weighted by Gasteiger charge is -2.09. The van der Waals surface area contributed by atoms with Gasteiger partial charge in [0.1, 0.15) is 4.34 Å². The van der Waals surface area contributed by atoms with Gasteiger partial charge in [-0.15, -0.1) is 11.3 Å². The molecule has 0 unspecified atom stereocenters. The molecule has 0 aliphatic carbocycles. The van der Waals surface area contributed by atoms with Gasteiger partial charge in [-0.2, -0.15) is 0 Å². The molecule has 0 atom stereocenters. The van der Waals surface area contributed by atoms with Crippen LogP contribution in [0.4, 0.5) is 18.9 Å². The fraction of sp³-hybridized carbons (Fsp3) is 0.167. The first-order valence-electron chi connectivity index (χ1n) is 7.96. The number of thiophene rings is 1. The highest BCUT2D eigenvalue weighted by molar-refractivity contribution is 7.18. The van der Waals surface area contributed by atoms with Gasteiger partial charge in [0.25, 0.3) is 17.9 Å². The molecule has 150 valence electrons.